The van der Waals surface area contributed by atoms with Crippen molar-refractivity contribution in [3.63, 3.8) is 0 Å². The van der Waals surface area contributed by atoms with Crippen LogP contribution in [0, 0.1) is 34.6 Å². The first kappa shape index (κ1) is 14.4. The highest BCUT2D eigenvalue weighted by Gasteiger charge is 2.22. The SMILES string of the molecule is Cc1c(C)c(C)c(C(O)c2ccoc2Br)c(C)c1C. The van der Waals surface area contributed by atoms with Gasteiger partial charge in [0.15, 0.2) is 4.67 Å². The van der Waals surface area contributed by atoms with E-state index < -0.39 is 6.10 Å². The molecule has 0 aliphatic heterocycles. The van der Waals surface area contributed by atoms with Gasteiger partial charge in [0, 0.05) is 5.56 Å². The molecule has 0 saturated carbocycles. The average molecular weight is 323 g/mol. The minimum Gasteiger partial charge on any atom is -0.457 e. The first-order valence-electron chi connectivity index (χ1n) is 6.34. The van der Waals surface area contributed by atoms with Gasteiger partial charge < -0.3 is 9.52 Å². The maximum atomic E-state index is 10.7. The molecule has 1 heterocycles. The highest BCUT2D eigenvalue weighted by Crippen LogP contribution is 2.36. The van der Waals surface area contributed by atoms with Gasteiger partial charge in [-0.15, -0.1) is 0 Å². The van der Waals surface area contributed by atoms with Crippen molar-refractivity contribution in [1.82, 2.24) is 0 Å². The van der Waals surface area contributed by atoms with Crippen LogP contribution < -0.4 is 0 Å². The normalized spacial score (nSPS) is 12.8. The summed E-state index contributed by atoms with van der Waals surface area (Å²) in [4.78, 5) is 0. The van der Waals surface area contributed by atoms with Crippen LogP contribution in [0.1, 0.15) is 45.0 Å². The topological polar surface area (TPSA) is 33.4 Å². The molecule has 3 heteroatoms. The molecule has 1 atom stereocenters. The van der Waals surface area contributed by atoms with Crippen LogP contribution in [0.15, 0.2) is 21.4 Å². The lowest BCUT2D eigenvalue weighted by Gasteiger charge is -2.22. The Bertz CT molecular complexity index is 597. The molecule has 0 fully saturated rings. The van der Waals surface area contributed by atoms with E-state index in [9.17, 15) is 5.11 Å². The molecule has 0 spiro atoms. The summed E-state index contributed by atoms with van der Waals surface area (Å²) in [5.41, 5.74) is 7.87. The van der Waals surface area contributed by atoms with Gasteiger partial charge in [-0.25, -0.2) is 0 Å². The van der Waals surface area contributed by atoms with Gasteiger partial charge in [0.05, 0.1) is 6.26 Å². The van der Waals surface area contributed by atoms with Gasteiger partial charge in [0.2, 0.25) is 0 Å². The van der Waals surface area contributed by atoms with E-state index in [1.807, 2.05) is 0 Å². The Morgan fingerprint density at radius 2 is 1.42 bits per heavy atom. The molecule has 102 valence electrons. The molecule has 0 aliphatic carbocycles. The van der Waals surface area contributed by atoms with Crippen molar-refractivity contribution in [3.8, 4) is 0 Å². The second kappa shape index (κ2) is 5.14. The summed E-state index contributed by atoms with van der Waals surface area (Å²) in [5, 5.41) is 10.7. The summed E-state index contributed by atoms with van der Waals surface area (Å²) in [6.45, 7) is 10.5. The molecule has 1 aromatic carbocycles. The highest BCUT2D eigenvalue weighted by molar-refractivity contribution is 9.10. The van der Waals surface area contributed by atoms with Gasteiger partial charge in [-0.3, -0.25) is 0 Å². The van der Waals surface area contributed by atoms with E-state index in [0.29, 0.717) is 4.67 Å². The van der Waals surface area contributed by atoms with Gasteiger partial charge in [-0.1, -0.05) is 0 Å². The minimum atomic E-state index is -0.661. The number of halogens is 1. The predicted octanol–water partition coefficient (Wildman–Crippen LogP) is 4.67. The van der Waals surface area contributed by atoms with E-state index >= 15 is 0 Å². The molecule has 0 bridgehead atoms. The lowest BCUT2D eigenvalue weighted by atomic mass is 9.86. The summed E-state index contributed by atoms with van der Waals surface area (Å²) >= 11 is 3.34. The minimum absolute atomic E-state index is 0.592. The summed E-state index contributed by atoms with van der Waals surface area (Å²) in [7, 11) is 0. The van der Waals surface area contributed by atoms with Crippen LogP contribution in [0.5, 0.6) is 0 Å². The van der Waals surface area contributed by atoms with Gasteiger partial charge >= 0.3 is 0 Å². The number of hydrogen-bond acceptors (Lipinski definition) is 2. The van der Waals surface area contributed by atoms with E-state index in [0.717, 1.165) is 22.3 Å². The largest absolute Gasteiger partial charge is 0.457 e. The van der Waals surface area contributed by atoms with Crippen LogP contribution >= 0.6 is 15.9 Å². The van der Waals surface area contributed by atoms with Gasteiger partial charge in [0.1, 0.15) is 6.10 Å². The third-order valence-corrected chi connectivity index (χ3v) is 4.92. The maximum absolute atomic E-state index is 10.7. The van der Waals surface area contributed by atoms with Crippen molar-refractivity contribution in [3.05, 3.63) is 55.9 Å². The number of hydrogen-bond donors (Lipinski definition) is 1. The molecule has 2 nitrogen and oxygen atoms in total. The average Bonchev–Trinajstić information content (AvgIpc) is 2.80. The first-order chi connectivity index (χ1) is 8.86. The van der Waals surface area contributed by atoms with Crippen molar-refractivity contribution in [2.24, 2.45) is 0 Å². The zero-order valence-electron chi connectivity index (χ0n) is 12.0. The molecule has 1 aromatic heterocycles. The Morgan fingerprint density at radius 1 is 0.947 bits per heavy atom. The van der Waals surface area contributed by atoms with Crippen LogP contribution in [0.25, 0.3) is 0 Å². The van der Waals surface area contributed by atoms with E-state index in [2.05, 4.69) is 50.5 Å². The molecular weight excluding hydrogens is 304 g/mol. The number of rotatable bonds is 2. The summed E-state index contributed by atoms with van der Waals surface area (Å²) in [6.07, 6.45) is 0.924. The molecule has 0 radical (unpaired) electrons. The fraction of sp³-hybridized carbons (Fsp3) is 0.375. The van der Waals surface area contributed by atoms with Crippen molar-refractivity contribution in [2.75, 3.05) is 0 Å². The number of benzene rings is 1. The Balaban J connectivity index is 2.67. The van der Waals surface area contributed by atoms with Crippen molar-refractivity contribution in [1.29, 1.82) is 0 Å². The van der Waals surface area contributed by atoms with E-state index in [1.165, 1.54) is 16.7 Å². The van der Waals surface area contributed by atoms with Crippen molar-refractivity contribution >= 4 is 15.9 Å². The summed E-state index contributed by atoms with van der Waals surface area (Å²) in [5.74, 6) is 0. The van der Waals surface area contributed by atoms with Crippen molar-refractivity contribution in [2.45, 2.75) is 40.7 Å². The molecule has 2 rings (SSSR count). The number of aliphatic hydroxyl groups is 1. The fourth-order valence-electron chi connectivity index (χ4n) is 2.59. The number of aliphatic hydroxyl groups excluding tert-OH is 1. The van der Waals surface area contributed by atoms with Crippen LogP contribution in [0.2, 0.25) is 0 Å². The van der Waals surface area contributed by atoms with E-state index in [-0.39, 0.29) is 0 Å². The van der Waals surface area contributed by atoms with E-state index in [4.69, 9.17) is 4.42 Å². The molecule has 1 unspecified atom stereocenters. The third kappa shape index (κ3) is 2.26. The lowest BCUT2D eigenvalue weighted by Crippen LogP contribution is -2.09. The van der Waals surface area contributed by atoms with Gasteiger partial charge in [-0.05, 0) is 90.0 Å². The smallest absolute Gasteiger partial charge is 0.175 e. The van der Waals surface area contributed by atoms with Gasteiger partial charge in [-0.2, -0.15) is 0 Å². The van der Waals surface area contributed by atoms with Crippen LogP contribution in [0.3, 0.4) is 0 Å². The monoisotopic (exact) mass is 322 g/mol. The molecule has 0 aliphatic rings. The van der Waals surface area contributed by atoms with Crippen LogP contribution in [-0.2, 0) is 0 Å². The Hall–Kier alpha value is -1.06. The second-order valence-corrected chi connectivity index (χ2v) is 5.81. The standard InChI is InChI=1S/C16H19BrO2/c1-8-9(2)11(4)14(12(5)10(8)3)15(18)13-6-7-19-16(13)17/h6-7,15,18H,1-5H3. The Morgan fingerprint density at radius 3 is 1.84 bits per heavy atom. The zero-order valence-corrected chi connectivity index (χ0v) is 13.6. The predicted molar refractivity (Wildman–Crippen MR) is 80.6 cm³/mol. The van der Waals surface area contributed by atoms with Gasteiger partial charge in [0.25, 0.3) is 0 Å². The fourth-order valence-corrected chi connectivity index (χ4v) is 3.05. The summed E-state index contributed by atoms with van der Waals surface area (Å²) in [6, 6.07) is 1.80. The molecule has 0 amide bonds. The molecule has 1 N–H and O–H groups in total. The van der Waals surface area contributed by atoms with E-state index in [1.54, 1.807) is 12.3 Å². The van der Waals surface area contributed by atoms with Crippen LogP contribution in [0.4, 0.5) is 0 Å². The zero-order chi connectivity index (χ0) is 14.3. The molecule has 19 heavy (non-hydrogen) atoms. The Kier molecular flexibility index (Phi) is 3.88. The van der Waals surface area contributed by atoms with Crippen molar-refractivity contribution < 1.29 is 9.52 Å². The Labute approximate surface area is 122 Å². The first-order valence-corrected chi connectivity index (χ1v) is 7.13. The molecular formula is C16H19BrO2. The molecule has 0 saturated heterocycles. The molecule has 2 aromatic rings. The van der Waals surface area contributed by atoms with Crippen LogP contribution in [-0.4, -0.2) is 5.11 Å². The highest BCUT2D eigenvalue weighted by atomic mass is 79.9. The second-order valence-electron chi connectivity index (χ2n) is 5.09. The number of furan rings is 1. The lowest BCUT2D eigenvalue weighted by molar-refractivity contribution is 0.216. The summed E-state index contributed by atoms with van der Waals surface area (Å²) < 4.78 is 5.82. The quantitative estimate of drug-likeness (QED) is 0.871. The third-order valence-electron chi connectivity index (χ3n) is 4.27. The maximum Gasteiger partial charge on any atom is 0.175 e.